The molecule has 2 bridgehead atoms. The normalized spacial score (nSPS) is 25.2. The quantitative estimate of drug-likeness (QED) is 0.822. The van der Waals surface area contributed by atoms with E-state index < -0.39 is 10.0 Å². The minimum atomic E-state index is -3.15. The summed E-state index contributed by atoms with van der Waals surface area (Å²) in [5, 5.41) is 4.07. The van der Waals surface area contributed by atoms with Crippen molar-refractivity contribution in [2.45, 2.75) is 25.4 Å². The van der Waals surface area contributed by atoms with Crippen LogP contribution in [-0.4, -0.2) is 59.7 Å². The van der Waals surface area contributed by atoms with Crippen LogP contribution in [0.3, 0.4) is 0 Å². The molecule has 0 aliphatic carbocycles. The Labute approximate surface area is 147 Å². The highest BCUT2D eigenvalue weighted by Crippen LogP contribution is 2.30. The maximum absolute atomic E-state index is 11.9. The van der Waals surface area contributed by atoms with E-state index in [-0.39, 0.29) is 6.04 Å². The summed E-state index contributed by atoms with van der Waals surface area (Å²) in [7, 11) is -3.15. The average Bonchev–Trinajstić information content (AvgIpc) is 2.84. The molecule has 1 aromatic carbocycles. The van der Waals surface area contributed by atoms with Gasteiger partial charge in [-0.25, -0.2) is 12.7 Å². The average molecular weight is 362 g/mol. The van der Waals surface area contributed by atoms with Crippen LogP contribution in [-0.2, 0) is 16.6 Å². The molecule has 0 amide bonds. The van der Waals surface area contributed by atoms with Crippen LogP contribution in [0, 0.1) is 5.92 Å². The highest BCUT2D eigenvalue weighted by molar-refractivity contribution is 7.88. The van der Waals surface area contributed by atoms with E-state index in [1.807, 2.05) is 30.3 Å². The van der Waals surface area contributed by atoms with E-state index in [4.69, 9.17) is 4.52 Å². The molecular weight excluding hydrogens is 340 g/mol. The number of benzene rings is 1. The van der Waals surface area contributed by atoms with Crippen molar-refractivity contribution in [1.29, 1.82) is 0 Å². The molecule has 8 heteroatoms. The lowest BCUT2D eigenvalue weighted by atomic mass is 9.95. The predicted molar refractivity (Wildman–Crippen MR) is 93.1 cm³/mol. The molecule has 0 spiro atoms. The third kappa shape index (κ3) is 3.61. The van der Waals surface area contributed by atoms with Crippen LogP contribution in [0.15, 0.2) is 34.9 Å². The van der Waals surface area contributed by atoms with Crippen molar-refractivity contribution in [3.05, 3.63) is 36.2 Å². The first kappa shape index (κ1) is 16.7. The summed E-state index contributed by atoms with van der Waals surface area (Å²) in [6, 6.07) is 9.95. The summed E-state index contributed by atoms with van der Waals surface area (Å²) in [5.74, 6) is 1.54. The van der Waals surface area contributed by atoms with Gasteiger partial charge in [-0.2, -0.15) is 4.98 Å². The van der Waals surface area contributed by atoms with E-state index >= 15 is 0 Å². The van der Waals surface area contributed by atoms with Crippen molar-refractivity contribution in [2.24, 2.45) is 5.92 Å². The molecule has 3 fully saturated rings. The van der Waals surface area contributed by atoms with Gasteiger partial charge in [0.2, 0.25) is 21.7 Å². The number of sulfonamides is 1. The monoisotopic (exact) mass is 362 g/mol. The van der Waals surface area contributed by atoms with Crippen molar-refractivity contribution >= 4 is 10.0 Å². The first-order valence-corrected chi connectivity index (χ1v) is 10.4. The second-order valence-corrected chi connectivity index (χ2v) is 8.97. The number of hydrogen-bond acceptors (Lipinski definition) is 6. The summed E-state index contributed by atoms with van der Waals surface area (Å²) < 4.78 is 31.0. The Morgan fingerprint density at radius 1 is 1.16 bits per heavy atom. The highest BCUT2D eigenvalue weighted by atomic mass is 32.2. The Balaban J connectivity index is 1.49. The van der Waals surface area contributed by atoms with E-state index in [1.54, 1.807) is 4.31 Å². The third-order valence-corrected chi connectivity index (χ3v) is 6.34. The van der Waals surface area contributed by atoms with Crippen LogP contribution in [0.1, 0.15) is 18.7 Å². The Hall–Kier alpha value is -1.77. The fraction of sp³-hybridized carbons (Fsp3) is 0.529. The lowest BCUT2D eigenvalue weighted by Gasteiger charge is -2.34. The minimum absolute atomic E-state index is 0.209. The molecule has 4 heterocycles. The zero-order valence-corrected chi connectivity index (χ0v) is 15.0. The SMILES string of the molecule is CS(=O)(=O)N1C[C@H]2CC[C@@H](C1)N(Cc1nc(-c3ccccc3)no1)C2. The van der Waals surface area contributed by atoms with Gasteiger partial charge in [0.05, 0.1) is 12.8 Å². The predicted octanol–water partition coefficient (Wildman–Crippen LogP) is 1.59. The number of hydrogen-bond donors (Lipinski definition) is 0. The molecule has 2 aromatic rings. The molecule has 0 N–H and O–H groups in total. The molecule has 0 saturated carbocycles. The van der Waals surface area contributed by atoms with Crippen LogP contribution in [0.4, 0.5) is 0 Å². The van der Waals surface area contributed by atoms with Crippen molar-refractivity contribution in [3.8, 4) is 11.4 Å². The molecule has 1 aromatic heterocycles. The molecule has 5 rings (SSSR count). The number of aromatic nitrogens is 2. The summed E-state index contributed by atoms with van der Waals surface area (Å²) in [5.41, 5.74) is 0.929. The molecule has 3 aliphatic heterocycles. The molecule has 0 radical (unpaired) electrons. The number of rotatable bonds is 4. The van der Waals surface area contributed by atoms with E-state index in [0.29, 0.717) is 37.3 Å². The van der Waals surface area contributed by atoms with Crippen molar-refractivity contribution in [3.63, 3.8) is 0 Å². The van der Waals surface area contributed by atoms with Gasteiger partial charge >= 0.3 is 0 Å². The van der Waals surface area contributed by atoms with Gasteiger partial charge in [-0.05, 0) is 18.8 Å². The highest BCUT2D eigenvalue weighted by Gasteiger charge is 2.38. The van der Waals surface area contributed by atoms with E-state index in [0.717, 1.165) is 24.9 Å². The summed E-state index contributed by atoms with van der Waals surface area (Å²) in [6.45, 7) is 2.61. The molecule has 2 atom stereocenters. The molecular formula is C17H22N4O3S. The number of nitrogens with zero attached hydrogens (tertiary/aromatic N) is 4. The number of fused-ring (bicyclic) bond motifs is 4. The molecule has 7 nitrogen and oxygen atoms in total. The van der Waals surface area contributed by atoms with Crippen LogP contribution >= 0.6 is 0 Å². The van der Waals surface area contributed by atoms with Gasteiger partial charge in [0.25, 0.3) is 0 Å². The zero-order chi connectivity index (χ0) is 17.4. The minimum Gasteiger partial charge on any atom is -0.338 e. The third-order valence-electron chi connectivity index (χ3n) is 5.10. The van der Waals surface area contributed by atoms with E-state index in [2.05, 4.69) is 15.0 Å². The molecule has 3 saturated heterocycles. The van der Waals surface area contributed by atoms with Crippen LogP contribution in [0.25, 0.3) is 11.4 Å². The summed E-state index contributed by atoms with van der Waals surface area (Å²) >= 11 is 0. The molecule has 3 aliphatic rings. The van der Waals surface area contributed by atoms with Crippen LogP contribution in [0.2, 0.25) is 0 Å². The first-order valence-electron chi connectivity index (χ1n) is 8.56. The first-order chi connectivity index (χ1) is 12.0. The molecule has 0 unspecified atom stereocenters. The molecule has 25 heavy (non-hydrogen) atoms. The Bertz CT molecular complexity index is 837. The molecule has 134 valence electrons. The number of piperidine rings is 1. The Morgan fingerprint density at radius 2 is 1.96 bits per heavy atom. The van der Waals surface area contributed by atoms with E-state index in [1.165, 1.54) is 6.26 Å². The van der Waals surface area contributed by atoms with Crippen molar-refractivity contribution in [1.82, 2.24) is 19.3 Å². The second kappa shape index (κ2) is 6.51. The van der Waals surface area contributed by atoms with Gasteiger partial charge in [-0.15, -0.1) is 0 Å². The maximum atomic E-state index is 11.9. The zero-order valence-electron chi connectivity index (χ0n) is 14.2. The largest absolute Gasteiger partial charge is 0.338 e. The van der Waals surface area contributed by atoms with Gasteiger partial charge in [-0.3, -0.25) is 4.90 Å². The van der Waals surface area contributed by atoms with Crippen molar-refractivity contribution in [2.75, 3.05) is 25.9 Å². The summed E-state index contributed by atoms with van der Waals surface area (Å²) in [4.78, 5) is 6.80. The van der Waals surface area contributed by atoms with Gasteiger partial charge < -0.3 is 4.52 Å². The fourth-order valence-corrected chi connectivity index (χ4v) is 4.72. The lowest BCUT2D eigenvalue weighted by molar-refractivity contribution is 0.111. The van der Waals surface area contributed by atoms with Crippen LogP contribution < -0.4 is 0 Å². The standard InChI is InChI=1S/C17H22N4O3S/c1-25(22,23)21-10-13-7-8-15(11-21)20(9-13)12-16-18-17(19-24-16)14-5-3-2-4-6-14/h2-6,13,15H,7-12H2,1H3/t13-,15-/m0/s1. The topological polar surface area (TPSA) is 79.5 Å². The smallest absolute Gasteiger partial charge is 0.241 e. The van der Waals surface area contributed by atoms with Gasteiger partial charge in [0.1, 0.15) is 0 Å². The lowest BCUT2D eigenvalue weighted by Crippen LogP contribution is -2.43. The second-order valence-electron chi connectivity index (χ2n) is 6.98. The maximum Gasteiger partial charge on any atom is 0.241 e. The fourth-order valence-electron chi connectivity index (χ4n) is 3.80. The summed E-state index contributed by atoms with van der Waals surface area (Å²) in [6.07, 6.45) is 3.38. The van der Waals surface area contributed by atoms with Crippen LogP contribution in [0.5, 0.6) is 0 Å². The van der Waals surface area contributed by atoms with Gasteiger partial charge in [0.15, 0.2) is 0 Å². The van der Waals surface area contributed by atoms with Gasteiger partial charge in [-0.1, -0.05) is 35.5 Å². The van der Waals surface area contributed by atoms with E-state index in [9.17, 15) is 8.42 Å². The van der Waals surface area contributed by atoms with Crippen molar-refractivity contribution < 1.29 is 12.9 Å². The Morgan fingerprint density at radius 3 is 2.72 bits per heavy atom. The Kier molecular flexibility index (Phi) is 4.35. The van der Waals surface area contributed by atoms with Gasteiger partial charge in [0, 0.05) is 31.2 Å².